The highest BCUT2D eigenvalue weighted by Crippen LogP contribution is 2.25. The molecule has 1 N–H and O–H groups in total. The molecule has 4 rings (SSSR count). The summed E-state index contributed by atoms with van der Waals surface area (Å²) in [6.07, 6.45) is 3.45. The first-order valence-corrected chi connectivity index (χ1v) is 13.6. The monoisotopic (exact) mass is 551 g/mol. The molecule has 1 fully saturated rings. The van der Waals surface area contributed by atoms with E-state index >= 15 is 0 Å². The Labute approximate surface area is 239 Å². The standard InChI is InChI=1S/C32H33N5O4/c1-24-10-9-11-25(22-24)23-29(30(38)34-18-8-4-3-7-17-33-2)41-32(40)36-19-15-27(16-20-36)37-21-14-26-12-5-6-13-28(26)35-31(37)39/h3-6,9-13,22,27,29H,14-16,19-21,23H2,1-2H3,(H,35,39)/t29-/m1/s1. The van der Waals surface area contributed by atoms with Crippen molar-refractivity contribution in [3.05, 3.63) is 88.8 Å². The van der Waals surface area contributed by atoms with Crippen LogP contribution in [0.5, 0.6) is 0 Å². The largest absolute Gasteiger partial charge is 0.435 e. The number of nitrogens with zero attached hydrogens (tertiary/aromatic N) is 4. The summed E-state index contributed by atoms with van der Waals surface area (Å²) in [5.74, 6) is 4.33. The van der Waals surface area contributed by atoms with Gasteiger partial charge in [0.05, 0.1) is 0 Å². The van der Waals surface area contributed by atoms with Crippen molar-refractivity contribution in [1.82, 2.24) is 9.80 Å². The smallest absolute Gasteiger partial charge is 0.410 e. The van der Waals surface area contributed by atoms with Crippen LogP contribution in [0.2, 0.25) is 0 Å². The van der Waals surface area contributed by atoms with Gasteiger partial charge in [0.15, 0.2) is 6.10 Å². The molecule has 41 heavy (non-hydrogen) atoms. The molecule has 0 spiro atoms. The molecule has 210 valence electrons. The van der Waals surface area contributed by atoms with E-state index in [4.69, 9.17) is 4.74 Å². The second kappa shape index (κ2) is 14.5. The third-order valence-electron chi connectivity index (χ3n) is 6.98. The number of carbonyl (C=O) groups is 3. The van der Waals surface area contributed by atoms with Crippen LogP contribution >= 0.6 is 0 Å². The number of hydrogen-bond donors (Lipinski definition) is 1. The van der Waals surface area contributed by atoms with Crippen molar-refractivity contribution in [2.45, 2.75) is 44.8 Å². The number of aryl methyl sites for hydroxylation is 1. The first-order chi connectivity index (χ1) is 19.9. The summed E-state index contributed by atoms with van der Waals surface area (Å²) >= 11 is 0. The summed E-state index contributed by atoms with van der Waals surface area (Å²) < 4.78 is 5.70. The Morgan fingerprint density at radius 2 is 1.83 bits per heavy atom. The van der Waals surface area contributed by atoms with Crippen molar-refractivity contribution < 1.29 is 19.1 Å². The molecule has 2 aliphatic rings. The predicted octanol–water partition coefficient (Wildman–Crippen LogP) is 4.52. The number of carbonyl (C=O) groups excluding carboxylic acids is 3. The molecule has 1 atom stereocenters. The third kappa shape index (κ3) is 8.30. The number of ether oxygens (including phenoxy) is 1. The Kier molecular flexibility index (Phi) is 10.3. The minimum Gasteiger partial charge on any atom is -0.435 e. The first kappa shape index (κ1) is 29.1. The van der Waals surface area contributed by atoms with E-state index in [-0.39, 0.29) is 18.5 Å². The average molecular weight is 552 g/mol. The van der Waals surface area contributed by atoms with Gasteiger partial charge < -0.3 is 19.9 Å². The molecule has 9 nitrogen and oxygen atoms in total. The second-order valence-electron chi connectivity index (χ2n) is 9.83. The number of rotatable bonds is 6. The zero-order valence-corrected chi connectivity index (χ0v) is 23.3. The molecule has 0 unspecified atom stereocenters. The SMILES string of the molecule is CN=C=C=CC=C=C=NC(=O)[C@@H](Cc1cccc(C)c1)OC(=O)N1CCC(N2CCc3ccccc3NC2=O)CC1. The summed E-state index contributed by atoms with van der Waals surface area (Å²) in [5, 5.41) is 3.01. The quantitative estimate of drug-likeness (QED) is 0.324. The fraction of sp³-hybridized carbons (Fsp3) is 0.344. The van der Waals surface area contributed by atoms with Crippen LogP contribution in [0.1, 0.15) is 29.5 Å². The second-order valence-corrected chi connectivity index (χ2v) is 9.83. The molecule has 2 aliphatic heterocycles. The van der Waals surface area contributed by atoms with Gasteiger partial charge in [0, 0.05) is 56.6 Å². The van der Waals surface area contributed by atoms with Gasteiger partial charge in [-0.1, -0.05) is 48.0 Å². The molecule has 0 aliphatic carbocycles. The van der Waals surface area contributed by atoms with Gasteiger partial charge in [-0.25, -0.2) is 14.6 Å². The van der Waals surface area contributed by atoms with Gasteiger partial charge in [-0.2, -0.15) is 4.99 Å². The maximum absolute atomic E-state index is 13.1. The van der Waals surface area contributed by atoms with E-state index < -0.39 is 18.1 Å². The molecular formula is C32H33N5O4. The number of aliphatic imine (C=N–C) groups is 2. The topological polar surface area (TPSA) is 104 Å². The van der Waals surface area contributed by atoms with E-state index in [1.807, 2.05) is 60.4 Å². The van der Waals surface area contributed by atoms with Crippen molar-refractivity contribution >= 4 is 35.5 Å². The van der Waals surface area contributed by atoms with Crippen LogP contribution < -0.4 is 5.32 Å². The summed E-state index contributed by atoms with van der Waals surface area (Å²) in [6, 6.07) is 15.4. The number of amides is 4. The van der Waals surface area contributed by atoms with Crippen LogP contribution in [0.3, 0.4) is 0 Å². The lowest BCUT2D eigenvalue weighted by Gasteiger charge is -2.37. The summed E-state index contributed by atoms with van der Waals surface area (Å²) in [5.41, 5.74) is 9.11. The normalized spacial score (nSPS) is 15.3. The number of urea groups is 1. The van der Waals surface area contributed by atoms with E-state index in [0.717, 1.165) is 28.8 Å². The molecule has 0 bridgehead atoms. The van der Waals surface area contributed by atoms with Crippen LogP contribution in [-0.4, -0.2) is 78.4 Å². The number of fused-ring (bicyclic) bond motifs is 1. The van der Waals surface area contributed by atoms with Crippen molar-refractivity contribution in [3.8, 4) is 0 Å². The first-order valence-electron chi connectivity index (χ1n) is 13.6. The lowest BCUT2D eigenvalue weighted by molar-refractivity contribution is -0.126. The molecule has 0 radical (unpaired) electrons. The molecule has 2 aromatic carbocycles. The molecule has 4 amide bonds. The van der Waals surface area contributed by atoms with E-state index in [1.54, 1.807) is 11.9 Å². The molecule has 2 aromatic rings. The molecule has 9 heteroatoms. The van der Waals surface area contributed by atoms with Crippen LogP contribution in [-0.2, 0) is 22.4 Å². The Bertz CT molecular complexity index is 1480. The highest BCUT2D eigenvalue weighted by molar-refractivity contribution is 5.91. The molecule has 0 saturated carbocycles. The van der Waals surface area contributed by atoms with Gasteiger partial charge in [-0.05, 0) is 67.0 Å². The minimum atomic E-state index is -1.12. The van der Waals surface area contributed by atoms with Crippen LogP contribution in [0.4, 0.5) is 15.3 Å². The highest BCUT2D eigenvalue weighted by Gasteiger charge is 2.33. The summed E-state index contributed by atoms with van der Waals surface area (Å²) in [6.45, 7) is 3.40. The van der Waals surface area contributed by atoms with E-state index in [0.29, 0.717) is 32.5 Å². The maximum Gasteiger partial charge on any atom is 0.410 e. The van der Waals surface area contributed by atoms with Crippen molar-refractivity contribution in [3.63, 3.8) is 0 Å². The van der Waals surface area contributed by atoms with Crippen LogP contribution in [0.25, 0.3) is 0 Å². The number of allylic oxidation sites excluding steroid dienone is 2. The van der Waals surface area contributed by atoms with Gasteiger partial charge in [0.25, 0.3) is 5.91 Å². The average Bonchev–Trinajstić information content (AvgIpc) is 3.14. The zero-order valence-electron chi connectivity index (χ0n) is 23.3. The van der Waals surface area contributed by atoms with Gasteiger partial charge in [0.1, 0.15) is 0 Å². The molecule has 0 aromatic heterocycles. The minimum absolute atomic E-state index is 0.00658. The lowest BCUT2D eigenvalue weighted by atomic mass is 10.0. The fourth-order valence-electron chi connectivity index (χ4n) is 4.91. The number of piperidine rings is 1. The Hall–Kier alpha value is -4.89. The number of anilines is 1. The highest BCUT2D eigenvalue weighted by atomic mass is 16.6. The summed E-state index contributed by atoms with van der Waals surface area (Å²) in [7, 11) is 1.58. The zero-order chi connectivity index (χ0) is 29.0. The van der Waals surface area contributed by atoms with E-state index in [1.165, 1.54) is 12.2 Å². The molecule has 1 saturated heterocycles. The predicted molar refractivity (Wildman–Crippen MR) is 158 cm³/mol. The Morgan fingerprint density at radius 3 is 2.59 bits per heavy atom. The maximum atomic E-state index is 13.1. The van der Waals surface area contributed by atoms with E-state index in [2.05, 4.69) is 38.5 Å². The number of hydrogen-bond acceptors (Lipinski definition) is 5. The van der Waals surface area contributed by atoms with Crippen LogP contribution in [0.15, 0.2) is 82.1 Å². The Balaban J connectivity index is 1.39. The number of benzene rings is 2. The molecular weight excluding hydrogens is 518 g/mol. The van der Waals surface area contributed by atoms with E-state index in [9.17, 15) is 14.4 Å². The molecule has 2 heterocycles. The van der Waals surface area contributed by atoms with Gasteiger partial charge in [0.2, 0.25) is 0 Å². The Morgan fingerprint density at radius 1 is 1.07 bits per heavy atom. The van der Waals surface area contributed by atoms with Gasteiger partial charge in [-0.3, -0.25) is 4.79 Å². The summed E-state index contributed by atoms with van der Waals surface area (Å²) in [4.78, 5) is 49.9. The third-order valence-corrected chi connectivity index (χ3v) is 6.98. The number of likely N-dealkylation sites (tertiary alicyclic amines) is 1. The van der Waals surface area contributed by atoms with Crippen molar-refractivity contribution in [1.29, 1.82) is 0 Å². The van der Waals surface area contributed by atoms with Gasteiger partial charge >= 0.3 is 12.1 Å². The lowest BCUT2D eigenvalue weighted by Crippen LogP contribution is -2.50. The van der Waals surface area contributed by atoms with Gasteiger partial charge in [-0.15, -0.1) is 0 Å². The van der Waals surface area contributed by atoms with Crippen molar-refractivity contribution in [2.24, 2.45) is 9.98 Å². The fourth-order valence-corrected chi connectivity index (χ4v) is 4.91. The number of para-hydroxylation sites is 1. The van der Waals surface area contributed by atoms with Crippen LogP contribution in [0, 0.1) is 6.92 Å². The van der Waals surface area contributed by atoms with Crippen molar-refractivity contribution in [2.75, 3.05) is 32.0 Å². The number of nitrogens with one attached hydrogen (secondary N) is 1.